The van der Waals surface area contributed by atoms with E-state index in [1.807, 2.05) is 6.07 Å². The number of fused-ring (bicyclic) bond motifs is 1. The quantitative estimate of drug-likeness (QED) is 0.303. The van der Waals surface area contributed by atoms with Gasteiger partial charge in [0.1, 0.15) is 10.7 Å². The maximum Gasteiger partial charge on any atom is 0.407 e. The molecule has 10 nitrogen and oxygen atoms in total. The smallest absolute Gasteiger partial charge is 0.407 e. The number of urea groups is 1. The summed E-state index contributed by atoms with van der Waals surface area (Å²) in [5.41, 5.74) is 0.660. The summed E-state index contributed by atoms with van der Waals surface area (Å²) in [4.78, 5) is 62.4. The first-order valence-electron chi connectivity index (χ1n) is 15.2. The molecule has 1 aliphatic carbocycles. The van der Waals surface area contributed by atoms with Gasteiger partial charge in [-0.2, -0.15) is 0 Å². The number of hydrogen-bond donors (Lipinski definition) is 1. The van der Waals surface area contributed by atoms with Gasteiger partial charge in [-0.1, -0.05) is 65.1 Å². The van der Waals surface area contributed by atoms with Crippen molar-refractivity contribution in [3.63, 3.8) is 0 Å². The fourth-order valence-corrected chi connectivity index (χ4v) is 7.48. The van der Waals surface area contributed by atoms with Gasteiger partial charge in [0.15, 0.2) is 6.61 Å². The Morgan fingerprint density at radius 1 is 1.07 bits per heavy atom. The van der Waals surface area contributed by atoms with E-state index in [0.717, 1.165) is 36.8 Å². The molecule has 2 fully saturated rings. The zero-order chi connectivity index (χ0) is 32.2. The van der Waals surface area contributed by atoms with Crippen LogP contribution in [-0.2, 0) is 26.3 Å². The number of nitrogens with one attached hydrogen (secondary N) is 1. The van der Waals surface area contributed by atoms with Gasteiger partial charge in [0.25, 0.3) is 11.8 Å². The fourth-order valence-electron chi connectivity index (χ4n) is 7.29. The normalized spacial score (nSPS) is 21.2. The Bertz CT molecular complexity index is 1490. The van der Waals surface area contributed by atoms with Crippen LogP contribution in [0.1, 0.15) is 85.3 Å². The molecule has 0 spiro atoms. The number of alkyl carbamates (subject to hydrolysis) is 1. The minimum atomic E-state index is -1.13. The molecule has 236 valence electrons. The van der Waals surface area contributed by atoms with Gasteiger partial charge in [0.2, 0.25) is 0 Å². The number of imide groups is 1. The summed E-state index contributed by atoms with van der Waals surface area (Å²) in [5.74, 6) is -0.747. The van der Waals surface area contributed by atoms with Crippen molar-refractivity contribution in [2.24, 2.45) is 5.41 Å². The third-order valence-electron chi connectivity index (χ3n) is 9.18. The molecule has 1 unspecified atom stereocenters. The largest absolute Gasteiger partial charge is 0.439 e. The predicted molar refractivity (Wildman–Crippen MR) is 169 cm³/mol. The molecule has 5 rings (SSSR count). The van der Waals surface area contributed by atoms with Crippen LogP contribution in [0.5, 0.6) is 0 Å². The van der Waals surface area contributed by atoms with Crippen molar-refractivity contribution >= 4 is 46.9 Å². The van der Waals surface area contributed by atoms with Crippen LogP contribution >= 0.6 is 11.6 Å². The van der Waals surface area contributed by atoms with Gasteiger partial charge in [-0.05, 0) is 67.5 Å². The average Bonchev–Trinajstić information content (AvgIpc) is 3.57. The highest BCUT2D eigenvalue weighted by atomic mass is 35.5. The van der Waals surface area contributed by atoms with Crippen molar-refractivity contribution in [1.29, 1.82) is 0 Å². The molecule has 1 N–H and O–H groups in total. The highest BCUT2D eigenvalue weighted by Crippen LogP contribution is 2.52. The molecule has 1 aromatic heterocycles. The Kier molecular flexibility index (Phi) is 8.20. The number of carbonyl (C=O) groups excluding carboxylic acids is 4. The van der Waals surface area contributed by atoms with Crippen molar-refractivity contribution in [3.8, 4) is 0 Å². The zero-order valence-electron chi connectivity index (χ0n) is 26.6. The molecule has 3 heterocycles. The number of hydrogen-bond acceptors (Lipinski definition) is 6. The van der Waals surface area contributed by atoms with Crippen molar-refractivity contribution in [1.82, 2.24) is 15.2 Å². The topological polar surface area (TPSA) is 112 Å². The van der Waals surface area contributed by atoms with Crippen molar-refractivity contribution in [2.45, 2.75) is 104 Å². The van der Waals surface area contributed by atoms with Gasteiger partial charge in [0, 0.05) is 24.2 Å². The lowest BCUT2D eigenvalue weighted by molar-refractivity contribution is -0.123. The van der Waals surface area contributed by atoms with Crippen LogP contribution in [0, 0.1) is 5.41 Å². The molecule has 2 aromatic rings. The average molecular weight is 624 g/mol. The minimum absolute atomic E-state index is 0.0730. The second-order valence-corrected chi connectivity index (χ2v) is 14.6. The first-order chi connectivity index (χ1) is 20.5. The van der Waals surface area contributed by atoms with E-state index in [2.05, 4.69) is 44.9 Å². The lowest BCUT2D eigenvalue weighted by Crippen LogP contribution is -2.53. The van der Waals surface area contributed by atoms with Crippen LogP contribution in [-0.4, -0.2) is 58.1 Å². The number of ether oxygens (including phenoxy) is 1. The highest BCUT2D eigenvalue weighted by Gasteiger charge is 2.54. The van der Waals surface area contributed by atoms with E-state index in [9.17, 15) is 19.2 Å². The number of anilines is 2. The lowest BCUT2D eigenvalue weighted by atomic mass is 9.69. The van der Waals surface area contributed by atoms with E-state index in [0.29, 0.717) is 16.5 Å². The molecule has 44 heavy (non-hydrogen) atoms. The van der Waals surface area contributed by atoms with Gasteiger partial charge in [-0.3, -0.25) is 9.59 Å². The number of aromatic nitrogens is 1. The first-order valence-corrected chi connectivity index (χ1v) is 15.6. The Balaban J connectivity index is 1.46. The summed E-state index contributed by atoms with van der Waals surface area (Å²) < 4.78 is 5.41. The number of pyridine rings is 1. The molecular formula is C33H42ClN5O5. The van der Waals surface area contributed by atoms with Gasteiger partial charge >= 0.3 is 12.1 Å². The maximum absolute atomic E-state index is 13.9. The Morgan fingerprint density at radius 2 is 1.75 bits per heavy atom. The molecule has 11 heteroatoms. The van der Waals surface area contributed by atoms with Crippen LogP contribution in [0.4, 0.5) is 21.0 Å². The lowest BCUT2D eigenvalue weighted by Gasteiger charge is -2.42. The van der Waals surface area contributed by atoms with Crippen molar-refractivity contribution in [3.05, 3.63) is 52.8 Å². The third kappa shape index (κ3) is 5.64. The number of rotatable bonds is 6. The van der Waals surface area contributed by atoms with Gasteiger partial charge in [-0.15, -0.1) is 0 Å². The number of amides is 5. The summed E-state index contributed by atoms with van der Waals surface area (Å²) in [6.45, 7) is 13.5. The molecule has 3 aliphatic rings. The number of halogens is 1. The van der Waals surface area contributed by atoms with Crippen LogP contribution < -0.4 is 15.1 Å². The first kappa shape index (κ1) is 31.8. The maximum atomic E-state index is 13.9. The fraction of sp³-hybridized carbons (Fsp3) is 0.545. The van der Waals surface area contributed by atoms with Crippen molar-refractivity contribution in [2.75, 3.05) is 16.4 Å². The molecule has 0 radical (unpaired) electrons. The molecule has 1 saturated heterocycles. The molecule has 1 atom stereocenters. The number of carbonyl (C=O) groups is 4. The summed E-state index contributed by atoms with van der Waals surface area (Å²) in [5, 5.41) is 3.16. The minimum Gasteiger partial charge on any atom is -0.439 e. The Labute approximate surface area is 264 Å². The summed E-state index contributed by atoms with van der Waals surface area (Å²) in [7, 11) is 0. The van der Waals surface area contributed by atoms with Gasteiger partial charge in [-0.25, -0.2) is 19.5 Å². The van der Waals surface area contributed by atoms with E-state index in [-0.39, 0.29) is 35.9 Å². The second kappa shape index (κ2) is 11.4. The van der Waals surface area contributed by atoms with E-state index >= 15 is 0 Å². The van der Waals surface area contributed by atoms with Crippen LogP contribution in [0.15, 0.2) is 36.5 Å². The van der Waals surface area contributed by atoms with Crippen molar-refractivity contribution < 1.29 is 23.9 Å². The van der Waals surface area contributed by atoms with E-state index in [1.54, 1.807) is 49.2 Å². The van der Waals surface area contributed by atoms with Gasteiger partial charge in [0.05, 0.1) is 17.4 Å². The van der Waals surface area contributed by atoms with Gasteiger partial charge < -0.3 is 19.9 Å². The highest BCUT2D eigenvalue weighted by molar-refractivity contribution is 6.29. The molecular weight excluding hydrogens is 582 g/mol. The summed E-state index contributed by atoms with van der Waals surface area (Å²) >= 11 is 6.07. The standard InChI is InChI=1S/C33H42ClN5O5/c1-31(2,3)27-32(4,5)23-13-12-22(17-24(23)39(27)26(40)19-44-29(42)36-21-10-8-9-11-21)38-28(41)33(6,7)37(30(38)43)18-20-14-15-35-25(34)16-20/h12-17,21,27H,8-11,18-19H2,1-7H3,(H,36,42). The van der Waals surface area contributed by atoms with E-state index in [1.165, 1.54) is 9.80 Å². The Morgan fingerprint density at radius 3 is 2.39 bits per heavy atom. The molecule has 0 bridgehead atoms. The van der Waals surface area contributed by atoms with E-state index in [4.69, 9.17) is 16.3 Å². The summed E-state index contributed by atoms with van der Waals surface area (Å²) in [6, 6.07) is 8.13. The third-order valence-corrected chi connectivity index (χ3v) is 9.39. The Hall–Kier alpha value is -3.66. The second-order valence-electron chi connectivity index (χ2n) is 14.2. The SMILES string of the molecule is CC(C)(C)C1N(C(=O)COC(=O)NC2CCCC2)c2cc(N3C(=O)N(Cc4ccnc(Cl)c4)C(C)(C)C3=O)ccc2C1(C)C. The molecule has 5 amide bonds. The molecule has 1 aromatic carbocycles. The molecule has 2 aliphatic heterocycles. The number of nitrogens with zero attached hydrogens (tertiary/aromatic N) is 4. The molecule has 1 saturated carbocycles. The zero-order valence-corrected chi connectivity index (χ0v) is 27.3. The van der Waals surface area contributed by atoms with Crippen LogP contribution in [0.2, 0.25) is 5.15 Å². The number of benzene rings is 1. The van der Waals surface area contributed by atoms with Crippen LogP contribution in [0.25, 0.3) is 0 Å². The summed E-state index contributed by atoms with van der Waals surface area (Å²) in [6.07, 6.45) is 4.90. The monoisotopic (exact) mass is 623 g/mol. The van der Waals surface area contributed by atoms with Crippen LogP contribution in [0.3, 0.4) is 0 Å². The predicted octanol–water partition coefficient (Wildman–Crippen LogP) is 6.19. The van der Waals surface area contributed by atoms with E-state index < -0.39 is 29.7 Å².